The lowest BCUT2D eigenvalue weighted by Crippen LogP contribution is -2.27. The molecule has 0 saturated carbocycles. The third-order valence-electron chi connectivity index (χ3n) is 3.75. The zero-order valence-corrected chi connectivity index (χ0v) is 11.9. The van der Waals surface area contributed by atoms with E-state index < -0.39 is 0 Å². The van der Waals surface area contributed by atoms with E-state index in [4.69, 9.17) is 0 Å². The van der Waals surface area contributed by atoms with Crippen molar-refractivity contribution in [2.45, 2.75) is 18.5 Å². The van der Waals surface area contributed by atoms with E-state index in [1.807, 2.05) is 16.8 Å². The summed E-state index contributed by atoms with van der Waals surface area (Å²) in [6.07, 6.45) is 2.35. The van der Waals surface area contributed by atoms with E-state index in [0.29, 0.717) is 0 Å². The lowest BCUT2D eigenvalue weighted by Gasteiger charge is -2.31. The lowest BCUT2D eigenvalue weighted by atomic mass is 9.97. The highest BCUT2D eigenvalue weighted by atomic mass is 32.1. The monoisotopic (exact) mass is 300 g/mol. The summed E-state index contributed by atoms with van der Waals surface area (Å²) in [5, 5.41) is 9.75. The Kier molecular flexibility index (Phi) is 2.96. The van der Waals surface area contributed by atoms with Crippen LogP contribution in [0.25, 0.3) is 0 Å². The summed E-state index contributed by atoms with van der Waals surface area (Å²) >= 11 is 1.71. The van der Waals surface area contributed by atoms with E-state index in [9.17, 15) is 4.39 Å². The first kappa shape index (κ1) is 12.5. The molecular weight excluding hydrogens is 287 g/mol. The van der Waals surface area contributed by atoms with Crippen LogP contribution in [0.5, 0.6) is 0 Å². The number of fused-ring (bicyclic) bond motifs is 1. The number of nitrogens with zero attached hydrogens (tertiary/aromatic N) is 3. The maximum absolute atomic E-state index is 13.5. The molecule has 0 amide bonds. The molecule has 1 aromatic carbocycles. The highest BCUT2D eigenvalue weighted by molar-refractivity contribution is 7.10. The second-order valence-electron chi connectivity index (χ2n) is 5.05. The maximum Gasteiger partial charge on any atom is 0.222 e. The maximum atomic E-state index is 13.5. The van der Waals surface area contributed by atoms with Gasteiger partial charge in [0.15, 0.2) is 0 Å². The first-order valence-electron chi connectivity index (χ1n) is 6.76. The van der Waals surface area contributed by atoms with Gasteiger partial charge in [-0.25, -0.2) is 9.07 Å². The second-order valence-corrected chi connectivity index (χ2v) is 6.03. The van der Waals surface area contributed by atoms with Crippen LogP contribution >= 0.6 is 11.3 Å². The number of anilines is 1. The van der Waals surface area contributed by atoms with Crippen LogP contribution < -0.4 is 5.32 Å². The molecule has 4 nitrogen and oxygen atoms in total. The molecule has 6 heteroatoms. The van der Waals surface area contributed by atoms with Gasteiger partial charge in [0.1, 0.15) is 12.1 Å². The highest BCUT2D eigenvalue weighted by Crippen LogP contribution is 2.38. The van der Waals surface area contributed by atoms with Gasteiger partial charge >= 0.3 is 0 Å². The predicted octanol–water partition coefficient (Wildman–Crippen LogP) is 3.63. The molecule has 106 valence electrons. The fourth-order valence-electron chi connectivity index (χ4n) is 2.79. The molecule has 0 unspecified atom stereocenters. The van der Waals surface area contributed by atoms with Crippen molar-refractivity contribution < 1.29 is 4.39 Å². The number of benzene rings is 1. The molecule has 0 fully saturated rings. The van der Waals surface area contributed by atoms with Gasteiger partial charge in [-0.3, -0.25) is 0 Å². The van der Waals surface area contributed by atoms with Crippen LogP contribution in [0.15, 0.2) is 48.1 Å². The van der Waals surface area contributed by atoms with Crippen molar-refractivity contribution in [2.24, 2.45) is 0 Å². The van der Waals surface area contributed by atoms with Crippen LogP contribution in [0, 0.1) is 5.82 Å². The number of hydrogen-bond donors (Lipinski definition) is 1. The Morgan fingerprint density at radius 2 is 2.24 bits per heavy atom. The van der Waals surface area contributed by atoms with Crippen molar-refractivity contribution in [3.8, 4) is 0 Å². The van der Waals surface area contributed by atoms with Gasteiger partial charge in [0.05, 0.1) is 12.1 Å². The van der Waals surface area contributed by atoms with Crippen LogP contribution in [-0.4, -0.2) is 14.8 Å². The standard InChI is InChI=1S/C15H13FN4S/c16-11-4-1-3-10(7-11)13-8-12(14-5-2-6-21-14)19-15-17-9-18-20(13)15/h1-7,9,12-13H,8H2,(H,17,18,19)/t12-,13-/m1/s1. The zero-order valence-electron chi connectivity index (χ0n) is 11.1. The van der Waals surface area contributed by atoms with Gasteiger partial charge in [0.25, 0.3) is 0 Å². The molecule has 0 saturated heterocycles. The summed E-state index contributed by atoms with van der Waals surface area (Å²) in [6, 6.07) is 11.0. The Morgan fingerprint density at radius 3 is 3.05 bits per heavy atom. The van der Waals surface area contributed by atoms with Gasteiger partial charge in [-0.15, -0.1) is 11.3 Å². The van der Waals surface area contributed by atoms with E-state index in [1.54, 1.807) is 23.5 Å². The van der Waals surface area contributed by atoms with Gasteiger partial charge in [-0.05, 0) is 35.6 Å². The van der Waals surface area contributed by atoms with Crippen molar-refractivity contribution in [1.29, 1.82) is 0 Å². The minimum absolute atomic E-state index is 0.00782. The minimum atomic E-state index is -0.222. The Bertz CT molecular complexity index is 753. The van der Waals surface area contributed by atoms with Crippen molar-refractivity contribution in [1.82, 2.24) is 14.8 Å². The van der Waals surface area contributed by atoms with E-state index in [0.717, 1.165) is 17.9 Å². The summed E-state index contributed by atoms with van der Waals surface area (Å²) < 4.78 is 15.4. The summed E-state index contributed by atoms with van der Waals surface area (Å²) in [7, 11) is 0. The number of halogens is 1. The number of rotatable bonds is 2. The van der Waals surface area contributed by atoms with Crippen LogP contribution in [0.4, 0.5) is 10.3 Å². The quantitative estimate of drug-likeness (QED) is 0.786. The van der Waals surface area contributed by atoms with Crippen molar-refractivity contribution in [3.63, 3.8) is 0 Å². The summed E-state index contributed by atoms with van der Waals surface area (Å²) in [5.74, 6) is 0.509. The largest absolute Gasteiger partial charge is 0.347 e. The molecular formula is C15H13FN4S. The van der Waals surface area contributed by atoms with Crippen molar-refractivity contribution >= 4 is 17.3 Å². The third-order valence-corrected chi connectivity index (χ3v) is 4.74. The fourth-order valence-corrected chi connectivity index (χ4v) is 3.58. The Labute approximate surface area is 125 Å². The normalized spacial score (nSPS) is 20.8. The number of nitrogens with one attached hydrogen (secondary N) is 1. The molecule has 1 aliphatic rings. The average molecular weight is 300 g/mol. The average Bonchev–Trinajstić information content (AvgIpc) is 3.17. The highest BCUT2D eigenvalue weighted by Gasteiger charge is 2.30. The Morgan fingerprint density at radius 1 is 1.29 bits per heavy atom. The van der Waals surface area contributed by atoms with E-state index in [-0.39, 0.29) is 17.9 Å². The van der Waals surface area contributed by atoms with Gasteiger partial charge < -0.3 is 5.32 Å². The van der Waals surface area contributed by atoms with Gasteiger partial charge in [0.2, 0.25) is 5.95 Å². The summed E-state index contributed by atoms with van der Waals surface area (Å²) in [4.78, 5) is 5.52. The van der Waals surface area contributed by atoms with E-state index in [1.165, 1.54) is 17.3 Å². The Balaban J connectivity index is 1.76. The Hall–Kier alpha value is -2.21. The van der Waals surface area contributed by atoms with Crippen molar-refractivity contribution in [3.05, 3.63) is 64.4 Å². The molecule has 21 heavy (non-hydrogen) atoms. The van der Waals surface area contributed by atoms with E-state index in [2.05, 4.69) is 26.8 Å². The first-order valence-corrected chi connectivity index (χ1v) is 7.64. The fraction of sp³-hybridized carbons (Fsp3) is 0.200. The molecule has 1 N–H and O–H groups in total. The van der Waals surface area contributed by atoms with Crippen LogP contribution in [0.3, 0.4) is 0 Å². The number of hydrogen-bond acceptors (Lipinski definition) is 4. The number of thiophene rings is 1. The SMILES string of the molecule is Fc1cccc([C@H]2C[C@H](c3cccs3)Nc3ncnn32)c1. The molecule has 0 aliphatic carbocycles. The van der Waals surface area contributed by atoms with E-state index >= 15 is 0 Å². The number of aromatic nitrogens is 3. The molecule has 0 radical (unpaired) electrons. The predicted molar refractivity (Wildman–Crippen MR) is 79.9 cm³/mol. The molecule has 2 aromatic heterocycles. The molecule has 0 spiro atoms. The molecule has 2 atom stereocenters. The molecule has 1 aliphatic heterocycles. The van der Waals surface area contributed by atoms with Crippen LogP contribution in [0.2, 0.25) is 0 Å². The van der Waals surface area contributed by atoms with Gasteiger partial charge in [-0.1, -0.05) is 18.2 Å². The summed E-state index contributed by atoms with van der Waals surface area (Å²) in [5.41, 5.74) is 0.921. The molecule has 3 heterocycles. The lowest BCUT2D eigenvalue weighted by molar-refractivity contribution is 0.431. The molecule has 3 aromatic rings. The molecule has 0 bridgehead atoms. The van der Waals surface area contributed by atoms with Gasteiger partial charge in [0, 0.05) is 4.88 Å². The summed E-state index contributed by atoms with van der Waals surface area (Å²) in [6.45, 7) is 0. The first-order chi connectivity index (χ1) is 10.3. The minimum Gasteiger partial charge on any atom is -0.347 e. The zero-order chi connectivity index (χ0) is 14.2. The topological polar surface area (TPSA) is 42.7 Å². The van der Waals surface area contributed by atoms with Crippen LogP contribution in [-0.2, 0) is 0 Å². The third kappa shape index (κ3) is 2.21. The smallest absolute Gasteiger partial charge is 0.222 e. The second kappa shape index (κ2) is 4.96. The van der Waals surface area contributed by atoms with Gasteiger partial charge in [-0.2, -0.15) is 10.1 Å². The van der Waals surface area contributed by atoms with Crippen molar-refractivity contribution in [2.75, 3.05) is 5.32 Å². The molecule has 4 rings (SSSR count). The van der Waals surface area contributed by atoms with Crippen LogP contribution in [0.1, 0.15) is 28.9 Å².